The van der Waals surface area contributed by atoms with Crippen molar-refractivity contribution in [2.24, 2.45) is 11.7 Å². The summed E-state index contributed by atoms with van der Waals surface area (Å²) in [6.45, 7) is 5.46. The molecule has 0 aromatic carbocycles. The number of methoxy groups -OCH3 is 1. The third-order valence-electron chi connectivity index (χ3n) is 3.00. The van der Waals surface area contributed by atoms with Crippen LogP contribution in [-0.2, 0) is 14.3 Å². The Bertz CT molecular complexity index is 333. The highest BCUT2D eigenvalue weighted by molar-refractivity contribution is 5.90. The van der Waals surface area contributed by atoms with E-state index < -0.39 is 30.0 Å². The van der Waals surface area contributed by atoms with Gasteiger partial charge in [-0.15, -0.1) is 0 Å². The Hall–Kier alpha value is -1.79. The zero-order valence-electron chi connectivity index (χ0n) is 11.9. The molecular weight excluding hydrogens is 250 g/mol. The highest BCUT2D eigenvalue weighted by Gasteiger charge is 2.28. The second kappa shape index (κ2) is 8.34. The van der Waals surface area contributed by atoms with Crippen molar-refractivity contribution >= 4 is 17.9 Å². The van der Waals surface area contributed by atoms with E-state index in [0.717, 1.165) is 0 Å². The number of esters is 1. The fourth-order valence-electron chi connectivity index (χ4n) is 1.59. The molecule has 19 heavy (non-hydrogen) atoms. The Kier molecular flexibility index (Phi) is 7.55. The summed E-state index contributed by atoms with van der Waals surface area (Å²) in [6.07, 6.45) is 1.09. The third kappa shape index (κ3) is 5.58. The highest BCUT2D eigenvalue weighted by atomic mass is 16.5. The van der Waals surface area contributed by atoms with E-state index in [-0.39, 0.29) is 5.92 Å². The fourth-order valence-corrected chi connectivity index (χ4v) is 1.59. The lowest BCUT2D eigenvalue weighted by Crippen LogP contribution is -2.55. The van der Waals surface area contributed by atoms with Gasteiger partial charge in [-0.05, 0) is 12.3 Å². The lowest BCUT2D eigenvalue weighted by Gasteiger charge is -2.24. The molecule has 0 aliphatic heterocycles. The highest BCUT2D eigenvalue weighted by Crippen LogP contribution is 2.08. The largest absolute Gasteiger partial charge is 0.467 e. The second-order valence-corrected chi connectivity index (χ2v) is 4.36. The first-order chi connectivity index (χ1) is 8.87. The normalized spacial score (nSPS) is 14.9. The summed E-state index contributed by atoms with van der Waals surface area (Å²) < 4.78 is 4.59. The van der Waals surface area contributed by atoms with Crippen LogP contribution in [0.5, 0.6) is 0 Å². The molecule has 0 radical (unpaired) electrons. The fraction of sp³-hybridized carbons (Fsp3) is 0.750. The first-order valence-electron chi connectivity index (χ1n) is 6.31. The predicted molar refractivity (Wildman–Crippen MR) is 70.2 cm³/mol. The number of nitrogens with one attached hydrogen (secondary N) is 2. The average molecular weight is 273 g/mol. The van der Waals surface area contributed by atoms with Crippen molar-refractivity contribution in [3.63, 3.8) is 0 Å². The van der Waals surface area contributed by atoms with E-state index in [0.29, 0.717) is 12.8 Å². The number of carbonyl (C=O) groups is 3. The van der Waals surface area contributed by atoms with Gasteiger partial charge >= 0.3 is 12.0 Å². The summed E-state index contributed by atoms with van der Waals surface area (Å²) in [4.78, 5) is 34.4. The number of ether oxygens (including phenoxy) is 1. The molecule has 0 spiro atoms. The maximum absolute atomic E-state index is 12.1. The summed E-state index contributed by atoms with van der Waals surface area (Å²) in [6, 6.07) is -2.26. The van der Waals surface area contributed by atoms with Gasteiger partial charge in [0.1, 0.15) is 12.1 Å². The minimum atomic E-state index is -0.772. The molecule has 7 heteroatoms. The molecule has 0 aromatic heterocycles. The van der Waals surface area contributed by atoms with Crippen LogP contribution in [0.3, 0.4) is 0 Å². The van der Waals surface area contributed by atoms with Crippen molar-refractivity contribution < 1.29 is 19.1 Å². The van der Waals surface area contributed by atoms with Crippen LogP contribution in [0.15, 0.2) is 0 Å². The first kappa shape index (κ1) is 17.2. The van der Waals surface area contributed by atoms with Crippen molar-refractivity contribution in [3.05, 3.63) is 0 Å². The van der Waals surface area contributed by atoms with Crippen molar-refractivity contribution in [2.75, 3.05) is 7.11 Å². The molecule has 0 heterocycles. The standard InChI is InChI=1S/C12H23N3O4/c1-5-7(3)9(15-12(13)18)10(16)14-8(6-2)11(17)19-4/h7-9H,5-6H2,1-4H3,(H,14,16)(H3,13,15,18). The van der Waals surface area contributed by atoms with E-state index in [2.05, 4.69) is 15.4 Å². The summed E-state index contributed by atoms with van der Waals surface area (Å²) >= 11 is 0. The zero-order valence-corrected chi connectivity index (χ0v) is 11.9. The lowest BCUT2D eigenvalue weighted by atomic mass is 9.98. The maximum atomic E-state index is 12.1. The van der Waals surface area contributed by atoms with Crippen molar-refractivity contribution in [2.45, 2.75) is 45.7 Å². The number of carbonyl (C=O) groups excluding carboxylic acids is 3. The predicted octanol–water partition coefficient (Wildman–Crippen LogP) is 0.137. The van der Waals surface area contributed by atoms with Gasteiger partial charge in [0.2, 0.25) is 5.91 Å². The van der Waals surface area contributed by atoms with Gasteiger partial charge in [0, 0.05) is 0 Å². The summed E-state index contributed by atoms with van der Waals surface area (Å²) in [7, 11) is 1.25. The van der Waals surface area contributed by atoms with Gasteiger partial charge in [-0.25, -0.2) is 9.59 Å². The molecule has 0 aliphatic rings. The van der Waals surface area contributed by atoms with Crippen LogP contribution in [0.25, 0.3) is 0 Å². The van der Waals surface area contributed by atoms with Crippen LogP contribution in [0, 0.1) is 5.92 Å². The van der Waals surface area contributed by atoms with E-state index in [1.165, 1.54) is 7.11 Å². The van der Waals surface area contributed by atoms with E-state index in [1.807, 2.05) is 13.8 Å². The van der Waals surface area contributed by atoms with Gasteiger partial charge in [0.15, 0.2) is 0 Å². The number of hydrogen-bond donors (Lipinski definition) is 3. The van der Waals surface area contributed by atoms with E-state index in [1.54, 1.807) is 6.92 Å². The topological polar surface area (TPSA) is 111 Å². The van der Waals surface area contributed by atoms with Crippen LogP contribution in [0.4, 0.5) is 4.79 Å². The molecule has 3 amide bonds. The number of nitrogens with two attached hydrogens (primary N) is 1. The Morgan fingerprint density at radius 1 is 1.16 bits per heavy atom. The molecule has 110 valence electrons. The number of urea groups is 1. The van der Waals surface area contributed by atoms with E-state index in [9.17, 15) is 14.4 Å². The molecule has 0 saturated heterocycles. The molecule has 0 fully saturated rings. The molecule has 0 aromatic rings. The van der Waals surface area contributed by atoms with Gasteiger partial charge < -0.3 is 21.1 Å². The van der Waals surface area contributed by atoms with Gasteiger partial charge in [-0.3, -0.25) is 4.79 Å². The minimum absolute atomic E-state index is 0.0948. The minimum Gasteiger partial charge on any atom is -0.467 e. The Morgan fingerprint density at radius 2 is 1.74 bits per heavy atom. The SMILES string of the molecule is CCC(NC(=O)C(NC(N)=O)C(C)CC)C(=O)OC. The van der Waals surface area contributed by atoms with Crippen LogP contribution in [0.1, 0.15) is 33.6 Å². The quantitative estimate of drug-likeness (QED) is 0.573. The van der Waals surface area contributed by atoms with E-state index >= 15 is 0 Å². The summed E-state index contributed by atoms with van der Waals surface area (Å²) in [5.41, 5.74) is 5.05. The maximum Gasteiger partial charge on any atom is 0.328 e. The average Bonchev–Trinajstić information content (AvgIpc) is 2.39. The molecule has 7 nitrogen and oxygen atoms in total. The second-order valence-electron chi connectivity index (χ2n) is 4.36. The molecule has 3 unspecified atom stereocenters. The van der Waals surface area contributed by atoms with Crippen molar-refractivity contribution in [1.82, 2.24) is 10.6 Å². The summed E-state index contributed by atoms with van der Waals surface area (Å²) in [5, 5.41) is 4.95. The van der Waals surface area contributed by atoms with Crippen LogP contribution >= 0.6 is 0 Å². The molecule has 0 rings (SSSR count). The van der Waals surface area contributed by atoms with Gasteiger partial charge in [0.05, 0.1) is 7.11 Å². The molecule has 4 N–H and O–H groups in total. The van der Waals surface area contributed by atoms with Crippen LogP contribution in [0.2, 0.25) is 0 Å². The molecule has 0 aliphatic carbocycles. The number of amides is 3. The number of rotatable bonds is 7. The first-order valence-corrected chi connectivity index (χ1v) is 6.31. The van der Waals surface area contributed by atoms with Gasteiger partial charge in [-0.1, -0.05) is 27.2 Å². The van der Waals surface area contributed by atoms with Crippen molar-refractivity contribution in [3.8, 4) is 0 Å². The third-order valence-corrected chi connectivity index (χ3v) is 3.00. The van der Waals surface area contributed by atoms with E-state index in [4.69, 9.17) is 5.73 Å². The Morgan fingerprint density at radius 3 is 2.11 bits per heavy atom. The van der Waals surface area contributed by atoms with Crippen molar-refractivity contribution in [1.29, 1.82) is 0 Å². The Labute approximate surface area is 113 Å². The number of hydrogen-bond acceptors (Lipinski definition) is 4. The molecule has 3 atom stereocenters. The van der Waals surface area contributed by atoms with Gasteiger partial charge in [0.25, 0.3) is 0 Å². The Balaban J connectivity index is 4.79. The number of primary amides is 1. The lowest BCUT2D eigenvalue weighted by molar-refractivity contribution is -0.145. The van der Waals surface area contributed by atoms with Crippen LogP contribution in [-0.4, -0.2) is 37.1 Å². The smallest absolute Gasteiger partial charge is 0.328 e. The molecular formula is C12H23N3O4. The monoisotopic (exact) mass is 273 g/mol. The molecule has 0 saturated carbocycles. The van der Waals surface area contributed by atoms with Gasteiger partial charge in [-0.2, -0.15) is 0 Å². The zero-order chi connectivity index (χ0) is 15.0. The van der Waals surface area contributed by atoms with Crippen LogP contribution < -0.4 is 16.4 Å². The molecule has 0 bridgehead atoms. The summed E-state index contributed by atoms with van der Waals surface area (Å²) in [5.74, 6) is -1.05.